The quantitative estimate of drug-likeness (QED) is 0.731. The number of carbonyl (C=O) groups is 2. The highest BCUT2D eigenvalue weighted by atomic mass is 35.5. The van der Waals surface area contributed by atoms with Gasteiger partial charge in [-0.1, -0.05) is 37.3 Å². The first-order chi connectivity index (χ1) is 10.5. The summed E-state index contributed by atoms with van der Waals surface area (Å²) in [7, 11) is 0. The molecule has 0 atom stereocenters. The molecule has 0 spiro atoms. The van der Waals surface area contributed by atoms with Crippen molar-refractivity contribution in [2.24, 2.45) is 0 Å². The SMILES string of the molecule is CC(=O)Nc1cc(NC(=O)NC2CCCCCC2)ccc1Cl. The van der Waals surface area contributed by atoms with Gasteiger partial charge >= 0.3 is 6.03 Å². The third kappa shape index (κ3) is 5.22. The van der Waals surface area contributed by atoms with Gasteiger partial charge in [-0.15, -0.1) is 0 Å². The first kappa shape index (κ1) is 16.6. The number of hydrogen-bond acceptors (Lipinski definition) is 2. The Morgan fingerprint density at radius 3 is 2.41 bits per heavy atom. The van der Waals surface area contributed by atoms with Crippen molar-refractivity contribution in [2.45, 2.75) is 51.5 Å². The summed E-state index contributed by atoms with van der Waals surface area (Å²) in [4.78, 5) is 23.2. The molecule has 0 aliphatic heterocycles. The fraction of sp³-hybridized carbons (Fsp3) is 0.500. The molecule has 1 aliphatic rings. The summed E-state index contributed by atoms with van der Waals surface area (Å²) in [6.45, 7) is 1.41. The molecule has 0 radical (unpaired) electrons. The molecular formula is C16H22ClN3O2. The molecule has 0 aromatic heterocycles. The molecule has 1 saturated carbocycles. The Labute approximate surface area is 135 Å². The van der Waals surface area contributed by atoms with E-state index in [1.165, 1.54) is 32.6 Å². The van der Waals surface area contributed by atoms with Crippen molar-refractivity contribution in [3.63, 3.8) is 0 Å². The van der Waals surface area contributed by atoms with Crippen molar-refractivity contribution in [3.05, 3.63) is 23.2 Å². The molecule has 5 nitrogen and oxygen atoms in total. The van der Waals surface area contributed by atoms with Crippen molar-refractivity contribution >= 4 is 34.9 Å². The smallest absolute Gasteiger partial charge is 0.319 e. The van der Waals surface area contributed by atoms with Crippen molar-refractivity contribution in [2.75, 3.05) is 10.6 Å². The van der Waals surface area contributed by atoms with Crippen LogP contribution in [-0.2, 0) is 4.79 Å². The standard InChI is InChI=1S/C16H22ClN3O2/c1-11(21)18-15-10-13(8-9-14(15)17)20-16(22)19-12-6-4-2-3-5-7-12/h8-10,12H,2-7H2,1H3,(H,18,21)(H2,19,20,22). The number of anilines is 2. The van der Waals surface area contributed by atoms with E-state index in [2.05, 4.69) is 16.0 Å². The second kappa shape index (κ2) is 8.03. The summed E-state index contributed by atoms with van der Waals surface area (Å²) in [5, 5.41) is 8.87. The van der Waals surface area contributed by atoms with E-state index in [0.717, 1.165) is 12.8 Å². The van der Waals surface area contributed by atoms with Gasteiger partial charge in [-0.25, -0.2) is 4.79 Å². The van der Waals surface area contributed by atoms with Crippen LogP contribution in [-0.4, -0.2) is 18.0 Å². The van der Waals surface area contributed by atoms with Crippen LogP contribution in [0.3, 0.4) is 0 Å². The van der Waals surface area contributed by atoms with E-state index in [1.807, 2.05) is 0 Å². The van der Waals surface area contributed by atoms with Gasteiger partial charge in [0.1, 0.15) is 0 Å². The fourth-order valence-electron chi connectivity index (χ4n) is 2.66. The third-order valence-corrected chi connectivity index (χ3v) is 4.05. The summed E-state index contributed by atoms with van der Waals surface area (Å²) in [6.07, 6.45) is 6.89. The van der Waals surface area contributed by atoms with Crippen LogP contribution in [0.2, 0.25) is 5.02 Å². The van der Waals surface area contributed by atoms with E-state index in [-0.39, 0.29) is 18.0 Å². The van der Waals surface area contributed by atoms with Crippen LogP contribution in [0.4, 0.5) is 16.2 Å². The largest absolute Gasteiger partial charge is 0.335 e. The highest BCUT2D eigenvalue weighted by Crippen LogP contribution is 2.25. The number of hydrogen-bond donors (Lipinski definition) is 3. The lowest BCUT2D eigenvalue weighted by atomic mass is 10.1. The number of amides is 3. The maximum absolute atomic E-state index is 12.1. The number of benzene rings is 1. The molecule has 1 aliphatic carbocycles. The topological polar surface area (TPSA) is 70.2 Å². The summed E-state index contributed by atoms with van der Waals surface area (Å²) >= 11 is 6.01. The van der Waals surface area contributed by atoms with Crippen molar-refractivity contribution in [1.82, 2.24) is 5.32 Å². The van der Waals surface area contributed by atoms with Crippen LogP contribution in [0.15, 0.2) is 18.2 Å². The molecule has 22 heavy (non-hydrogen) atoms. The lowest BCUT2D eigenvalue weighted by Gasteiger charge is -2.17. The molecule has 1 aromatic carbocycles. The minimum Gasteiger partial charge on any atom is -0.335 e. The van der Waals surface area contributed by atoms with Crippen molar-refractivity contribution in [1.29, 1.82) is 0 Å². The zero-order valence-electron chi connectivity index (χ0n) is 12.7. The van der Waals surface area contributed by atoms with Gasteiger partial charge in [-0.2, -0.15) is 0 Å². The molecule has 120 valence electrons. The maximum atomic E-state index is 12.1. The van der Waals surface area contributed by atoms with Gasteiger partial charge in [-0.3, -0.25) is 4.79 Å². The Kier molecular flexibility index (Phi) is 6.07. The van der Waals surface area contributed by atoms with E-state index >= 15 is 0 Å². The van der Waals surface area contributed by atoms with Gasteiger partial charge in [0.25, 0.3) is 0 Å². The highest BCUT2D eigenvalue weighted by Gasteiger charge is 2.15. The van der Waals surface area contributed by atoms with Crippen molar-refractivity contribution in [3.8, 4) is 0 Å². The number of carbonyl (C=O) groups excluding carboxylic acids is 2. The fourth-order valence-corrected chi connectivity index (χ4v) is 2.83. The summed E-state index contributed by atoms with van der Waals surface area (Å²) in [5.74, 6) is -0.207. The van der Waals surface area contributed by atoms with Gasteiger partial charge in [0, 0.05) is 18.7 Å². The van der Waals surface area contributed by atoms with Gasteiger partial charge in [0.15, 0.2) is 0 Å². The predicted octanol–water partition coefficient (Wildman–Crippen LogP) is 4.14. The Morgan fingerprint density at radius 2 is 1.77 bits per heavy atom. The van der Waals surface area contributed by atoms with E-state index in [1.54, 1.807) is 18.2 Å². The normalized spacial score (nSPS) is 15.7. The van der Waals surface area contributed by atoms with Crippen LogP contribution < -0.4 is 16.0 Å². The molecule has 0 heterocycles. The highest BCUT2D eigenvalue weighted by molar-refractivity contribution is 6.33. The summed E-state index contributed by atoms with van der Waals surface area (Å²) in [6, 6.07) is 5.03. The minimum atomic E-state index is -0.219. The summed E-state index contributed by atoms with van der Waals surface area (Å²) in [5.41, 5.74) is 1.08. The zero-order valence-corrected chi connectivity index (χ0v) is 13.5. The van der Waals surface area contributed by atoms with Crippen LogP contribution >= 0.6 is 11.6 Å². The number of urea groups is 1. The molecule has 6 heteroatoms. The predicted molar refractivity (Wildman–Crippen MR) is 89.4 cm³/mol. The van der Waals surface area contributed by atoms with E-state index in [0.29, 0.717) is 16.4 Å². The van der Waals surface area contributed by atoms with Gasteiger partial charge in [0.2, 0.25) is 5.91 Å². The van der Waals surface area contributed by atoms with Gasteiger partial charge < -0.3 is 16.0 Å². The first-order valence-electron chi connectivity index (χ1n) is 7.69. The molecular weight excluding hydrogens is 302 g/mol. The maximum Gasteiger partial charge on any atom is 0.319 e. The molecule has 1 aromatic rings. The molecule has 3 N–H and O–H groups in total. The van der Waals surface area contributed by atoms with E-state index in [9.17, 15) is 9.59 Å². The lowest BCUT2D eigenvalue weighted by molar-refractivity contribution is -0.114. The Morgan fingerprint density at radius 1 is 1.09 bits per heavy atom. The Bertz CT molecular complexity index is 540. The van der Waals surface area contributed by atoms with E-state index < -0.39 is 0 Å². The Balaban J connectivity index is 1.94. The monoisotopic (exact) mass is 323 g/mol. The van der Waals surface area contributed by atoms with E-state index in [4.69, 9.17) is 11.6 Å². The van der Waals surface area contributed by atoms with Gasteiger partial charge in [0.05, 0.1) is 10.7 Å². The average Bonchev–Trinajstić information content (AvgIpc) is 2.70. The minimum absolute atomic E-state index is 0.207. The zero-order chi connectivity index (χ0) is 15.9. The molecule has 0 saturated heterocycles. The second-order valence-corrected chi connectivity index (χ2v) is 6.07. The first-order valence-corrected chi connectivity index (χ1v) is 8.07. The second-order valence-electron chi connectivity index (χ2n) is 5.66. The molecule has 1 fully saturated rings. The number of nitrogens with one attached hydrogen (secondary N) is 3. The average molecular weight is 324 g/mol. The molecule has 3 amide bonds. The van der Waals surface area contributed by atoms with Crippen LogP contribution in [0.5, 0.6) is 0 Å². The molecule has 0 bridgehead atoms. The number of halogens is 1. The van der Waals surface area contributed by atoms with Gasteiger partial charge in [-0.05, 0) is 31.0 Å². The van der Waals surface area contributed by atoms with Crippen LogP contribution in [0, 0.1) is 0 Å². The van der Waals surface area contributed by atoms with Crippen LogP contribution in [0.1, 0.15) is 45.4 Å². The molecule has 0 unspecified atom stereocenters. The van der Waals surface area contributed by atoms with Crippen LogP contribution in [0.25, 0.3) is 0 Å². The lowest BCUT2D eigenvalue weighted by Crippen LogP contribution is -2.37. The third-order valence-electron chi connectivity index (χ3n) is 3.73. The van der Waals surface area contributed by atoms with Crippen molar-refractivity contribution < 1.29 is 9.59 Å². The number of rotatable bonds is 3. The Hall–Kier alpha value is -1.75. The molecule has 2 rings (SSSR count). The summed E-state index contributed by atoms with van der Waals surface area (Å²) < 4.78 is 0.